The molecule has 1 heterocycles. The van der Waals surface area contributed by atoms with Crippen LogP contribution in [0.3, 0.4) is 0 Å². The third kappa shape index (κ3) is 3.73. The number of nitrogens with zero attached hydrogens (tertiary/aromatic N) is 2. The Balaban J connectivity index is 1.90. The average Bonchev–Trinajstić information content (AvgIpc) is 3.27. The van der Waals surface area contributed by atoms with Crippen molar-refractivity contribution in [3.8, 4) is 5.75 Å². The Hall–Kier alpha value is -2.00. The van der Waals surface area contributed by atoms with Crippen molar-refractivity contribution in [3.05, 3.63) is 39.0 Å². The summed E-state index contributed by atoms with van der Waals surface area (Å²) in [6, 6.07) is 3.30. The molecule has 0 bridgehead atoms. The second kappa shape index (κ2) is 6.14. The number of rotatable bonds is 6. The molecule has 1 fully saturated rings. The molecule has 1 aromatic heterocycles. The summed E-state index contributed by atoms with van der Waals surface area (Å²) in [5.41, 5.74) is 0.862. The zero-order valence-corrected chi connectivity index (χ0v) is 14.7. The highest BCUT2D eigenvalue weighted by Gasteiger charge is 2.28. The van der Waals surface area contributed by atoms with Crippen LogP contribution in [0.5, 0.6) is 5.75 Å². The number of sulfonamides is 1. The predicted molar refractivity (Wildman–Crippen MR) is 90.1 cm³/mol. The van der Waals surface area contributed by atoms with E-state index in [1.807, 2.05) is 0 Å². The second-order valence-electron chi connectivity index (χ2n) is 5.81. The van der Waals surface area contributed by atoms with Gasteiger partial charge in [0.1, 0.15) is 12.4 Å². The third-order valence-electron chi connectivity index (χ3n) is 3.74. The normalized spacial score (nSPS) is 14.6. The molecule has 0 radical (unpaired) electrons. The number of benzene rings is 1. The van der Waals surface area contributed by atoms with E-state index in [9.17, 15) is 13.2 Å². The van der Waals surface area contributed by atoms with Crippen molar-refractivity contribution < 1.29 is 13.2 Å². The average molecular weight is 373 g/mol. The van der Waals surface area contributed by atoms with Crippen molar-refractivity contribution >= 4 is 27.3 Å². The molecule has 2 N–H and O–H groups in total. The highest BCUT2D eigenvalue weighted by atomic mass is 35.5. The number of aromatic amines is 1. The summed E-state index contributed by atoms with van der Waals surface area (Å²) in [5.74, 6) is 1.32. The standard InChI is InChI=1S/C14H17ClN4O4S/c1-19-13(16-17-14(19)20)7-23-12-6-11(18-24(2,21)22)10(15)5-9(12)8-3-4-8/h5-6,8,18H,3-4,7H2,1-2H3,(H,17,20). The van der Waals surface area contributed by atoms with E-state index in [0.717, 1.165) is 24.7 Å². The third-order valence-corrected chi connectivity index (χ3v) is 4.64. The fourth-order valence-corrected chi connectivity index (χ4v) is 3.18. The van der Waals surface area contributed by atoms with Crippen LogP contribution in [0, 0.1) is 0 Å². The Morgan fingerprint density at radius 2 is 2.17 bits per heavy atom. The topological polar surface area (TPSA) is 106 Å². The number of hydrogen-bond acceptors (Lipinski definition) is 5. The Bertz CT molecular complexity index is 931. The molecule has 0 aliphatic heterocycles. The van der Waals surface area contributed by atoms with Crippen LogP contribution in [0.2, 0.25) is 5.02 Å². The van der Waals surface area contributed by atoms with E-state index in [-0.39, 0.29) is 18.0 Å². The zero-order chi connectivity index (χ0) is 17.5. The van der Waals surface area contributed by atoms with Crippen LogP contribution in [0.1, 0.15) is 30.1 Å². The second-order valence-corrected chi connectivity index (χ2v) is 7.97. The molecular formula is C14H17ClN4O4S. The van der Waals surface area contributed by atoms with Gasteiger partial charge >= 0.3 is 5.69 Å². The fraction of sp³-hybridized carbons (Fsp3) is 0.429. The smallest absolute Gasteiger partial charge is 0.343 e. The molecule has 1 aliphatic carbocycles. The highest BCUT2D eigenvalue weighted by molar-refractivity contribution is 7.92. The monoisotopic (exact) mass is 372 g/mol. The number of anilines is 1. The number of nitrogens with one attached hydrogen (secondary N) is 2. The lowest BCUT2D eigenvalue weighted by atomic mass is 10.1. The summed E-state index contributed by atoms with van der Waals surface area (Å²) in [7, 11) is -1.87. The molecule has 24 heavy (non-hydrogen) atoms. The van der Waals surface area contributed by atoms with Crippen LogP contribution in [0.25, 0.3) is 0 Å². The maximum Gasteiger partial charge on any atom is 0.343 e. The van der Waals surface area contributed by atoms with Crippen LogP contribution in [-0.4, -0.2) is 29.4 Å². The van der Waals surface area contributed by atoms with Gasteiger partial charge in [-0.2, -0.15) is 5.10 Å². The zero-order valence-electron chi connectivity index (χ0n) is 13.2. The first-order valence-electron chi connectivity index (χ1n) is 7.29. The van der Waals surface area contributed by atoms with Crippen molar-refractivity contribution in [1.29, 1.82) is 0 Å². The van der Waals surface area contributed by atoms with Gasteiger partial charge in [0, 0.05) is 13.1 Å². The van der Waals surface area contributed by atoms with Gasteiger partial charge in [0.05, 0.1) is 17.0 Å². The van der Waals surface area contributed by atoms with Crippen LogP contribution < -0.4 is 15.1 Å². The molecule has 0 saturated heterocycles. The van der Waals surface area contributed by atoms with E-state index >= 15 is 0 Å². The molecule has 130 valence electrons. The van der Waals surface area contributed by atoms with Gasteiger partial charge in [-0.3, -0.25) is 9.29 Å². The van der Waals surface area contributed by atoms with Crippen molar-refractivity contribution in [3.63, 3.8) is 0 Å². The summed E-state index contributed by atoms with van der Waals surface area (Å²) in [6.45, 7) is 0.0783. The minimum absolute atomic E-state index is 0.0783. The molecule has 10 heteroatoms. The van der Waals surface area contributed by atoms with Gasteiger partial charge in [-0.1, -0.05) is 11.6 Å². The molecule has 2 aromatic rings. The lowest BCUT2D eigenvalue weighted by molar-refractivity contribution is 0.288. The molecule has 0 unspecified atom stereocenters. The van der Waals surface area contributed by atoms with Gasteiger partial charge in [-0.05, 0) is 30.4 Å². The summed E-state index contributed by atoms with van der Waals surface area (Å²) in [5, 5.41) is 6.54. The maximum absolute atomic E-state index is 11.5. The lowest BCUT2D eigenvalue weighted by Gasteiger charge is -2.15. The Kier molecular flexibility index (Phi) is 4.31. The minimum Gasteiger partial charge on any atom is -0.485 e. The van der Waals surface area contributed by atoms with E-state index in [1.54, 1.807) is 19.2 Å². The molecule has 0 spiro atoms. The van der Waals surface area contributed by atoms with Gasteiger partial charge in [-0.15, -0.1) is 0 Å². The van der Waals surface area contributed by atoms with Crippen molar-refractivity contribution in [2.24, 2.45) is 7.05 Å². The Morgan fingerprint density at radius 1 is 1.46 bits per heavy atom. The molecule has 0 atom stereocenters. The minimum atomic E-state index is -3.46. The quantitative estimate of drug-likeness (QED) is 0.800. The summed E-state index contributed by atoms with van der Waals surface area (Å²) in [6.07, 6.45) is 3.12. The number of ether oxygens (including phenoxy) is 1. The SMILES string of the molecule is Cn1c(COc2cc(NS(C)(=O)=O)c(Cl)cc2C2CC2)n[nH]c1=O. The summed E-state index contributed by atoms with van der Waals surface area (Å²) in [4.78, 5) is 11.4. The van der Waals surface area contributed by atoms with Crippen LogP contribution >= 0.6 is 11.6 Å². The predicted octanol–water partition coefficient (Wildman–Crippen LogP) is 1.59. The van der Waals surface area contributed by atoms with Gasteiger partial charge in [0.15, 0.2) is 5.82 Å². The van der Waals surface area contributed by atoms with Crippen LogP contribution in [-0.2, 0) is 23.7 Å². The molecule has 3 rings (SSSR count). The molecule has 0 amide bonds. The molecule has 8 nitrogen and oxygen atoms in total. The molecule has 1 aliphatic rings. The lowest BCUT2D eigenvalue weighted by Crippen LogP contribution is -2.15. The van der Waals surface area contributed by atoms with E-state index in [4.69, 9.17) is 16.3 Å². The molecule has 1 saturated carbocycles. The van der Waals surface area contributed by atoms with Crippen molar-refractivity contribution in [2.75, 3.05) is 11.0 Å². The first-order chi connectivity index (χ1) is 11.2. The van der Waals surface area contributed by atoms with Gasteiger partial charge < -0.3 is 4.74 Å². The van der Waals surface area contributed by atoms with Gasteiger partial charge in [0.25, 0.3) is 0 Å². The maximum atomic E-state index is 11.5. The highest BCUT2D eigenvalue weighted by Crippen LogP contribution is 2.47. The Labute approximate surface area is 143 Å². The van der Waals surface area contributed by atoms with E-state index in [0.29, 0.717) is 22.5 Å². The van der Waals surface area contributed by atoms with Gasteiger partial charge in [-0.25, -0.2) is 18.3 Å². The number of aromatic nitrogens is 3. The largest absolute Gasteiger partial charge is 0.485 e. The van der Waals surface area contributed by atoms with Gasteiger partial charge in [0.2, 0.25) is 10.0 Å². The number of halogens is 1. The summed E-state index contributed by atoms with van der Waals surface area (Å²) < 4.78 is 32.4. The summed E-state index contributed by atoms with van der Waals surface area (Å²) >= 11 is 6.18. The fourth-order valence-electron chi connectivity index (χ4n) is 2.34. The number of hydrogen-bond donors (Lipinski definition) is 2. The number of H-pyrrole nitrogens is 1. The first-order valence-corrected chi connectivity index (χ1v) is 9.56. The van der Waals surface area contributed by atoms with Crippen molar-refractivity contribution in [1.82, 2.24) is 14.8 Å². The molecule has 1 aromatic carbocycles. The van der Waals surface area contributed by atoms with Crippen molar-refractivity contribution in [2.45, 2.75) is 25.4 Å². The van der Waals surface area contributed by atoms with E-state index in [1.165, 1.54) is 4.57 Å². The molecular weight excluding hydrogens is 356 g/mol. The van der Waals surface area contributed by atoms with E-state index in [2.05, 4.69) is 14.9 Å². The van der Waals surface area contributed by atoms with Crippen LogP contribution in [0.15, 0.2) is 16.9 Å². The Morgan fingerprint density at radius 3 is 2.71 bits per heavy atom. The first kappa shape index (κ1) is 16.8. The van der Waals surface area contributed by atoms with Crippen LogP contribution in [0.4, 0.5) is 5.69 Å². The van der Waals surface area contributed by atoms with E-state index < -0.39 is 10.0 Å².